The highest BCUT2D eigenvalue weighted by molar-refractivity contribution is 7.80. The van der Waals surface area contributed by atoms with E-state index in [2.05, 4.69) is 16.0 Å². The van der Waals surface area contributed by atoms with Gasteiger partial charge < -0.3 is 30.2 Å². The molecule has 0 spiro atoms. The summed E-state index contributed by atoms with van der Waals surface area (Å²) in [6, 6.07) is 22.4. The minimum Gasteiger partial charge on any atom is -0.497 e. The van der Waals surface area contributed by atoms with E-state index in [4.69, 9.17) is 26.4 Å². The van der Waals surface area contributed by atoms with E-state index in [1.807, 2.05) is 61.5 Å². The van der Waals surface area contributed by atoms with Crippen molar-refractivity contribution in [2.75, 3.05) is 19.5 Å². The topological polar surface area (TPSA) is 80.9 Å². The molecule has 0 aliphatic carbocycles. The molecule has 1 amide bonds. The Morgan fingerprint density at radius 3 is 2.37 bits per heavy atom. The molecule has 35 heavy (non-hydrogen) atoms. The number of nitrogens with one attached hydrogen (secondary N) is 3. The number of ether oxygens (including phenoxy) is 3. The first kappa shape index (κ1) is 24.1. The maximum Gasteiger partial charge on any atom is 0.255 e. The van der Waals surface area contributed by atoms with Gasteiger partial charge in [0.05, 0.1) is 31.5 Å². The zero-order valence-electron chi connectivity index (χ0n) is 19.8. The fourth-order valence-electron chi connectivity index (χ4n) is 3.83. The smallest absolute Gasteiger partial charge is 0.255 e. The molecule has 3 N–H and O–H groups in total. The van der Waals surface area contributed by atoms with Gasteiger partial charge in [0.15, 0.2) is 5.11 Å². The van der Waals surface area contributed by atoms with Gasteiger partial charge in [0.2, 0.25) is 0 Å². The zero-order valence-corrected chi connectivity index (χ0v) is 20.6. The molecule has 8 heteroatoms. The molecule has 0 aromatic heterocycles. The van der Waals surface area contributed by atoms with E-state index in [0.717, 1.165) is 16.9 Å². The second-order valence-corrected chi connectivity index (χ2v) is 8.34. The number of anilines is 1. The van der Waals surface area contributed by atoms with Gasteiger partial charge in [-0.05, 0) is 54.5 Å². The molecule has 0 radical (unpaired) electrons. The number of allylic oxidation sites excluding steroid dienone is 1. The second-order valence-electron chi connectivity index (χ2n) is 7.93. The first-order valence-corrected chi connectivity index (χ1v) is 11.5. The average molecular weight is 490 g/mol. The molecule has 1 heterocycles. The van der Waals surface area contributed by atoms with Gasteiger partial charge in [-0.1, -0.05) is 42.5 Å². The molecule has 4 rings (SSSR count). The minimum absolute atomic E-state index is 0.275. The van der Waals surface area contributed by atoms with Crippen LogP contribution in [0.5, 0.6) is 17.2 Å². The van der Waals surface area contributed by atoms with Crippen LogP contribution < -0.4 is 30.2 Å². The number of thiocarbonyl (C=S) groups is 1. The van der Waals surface area contributed by atoms with Crippen LogP contribution in [-0.4, -0.2) is 25.2 Å². The Morgan fingerprint density at radius 2 is 1.69 bits per heavy atom. The number of hydrogen-bond acceptors (Lipinski definition) is 5. The number of carbonyl (C=O) groups excluding carboxylic acids is 1. The summed E-state index contributed by atoms with van der Waals surface area (Å²) < 4.78 is 16.6. The molecule has 0 bridgehead atoms. The number of benzene rings is 3. The molecule has 0 saturated carbocycles. The summed E-state index contributed by atoms with van der Waals surface area (Å²) in [6.07, 6.45) is 0. The monoisotopic (exact) mass is 489 g/mol. The summed E-state index contributed by atoms with van der Waals surface area (Å²) in [5, 5.41) is 9.68. The van der Waals surface area contributed by atoms with Gasteiger partial charge in [-0.25, -0.2) is 0 Å². The van der Waals surface area contributed by atoms with E-state index >= 15 is 0 Å². The van der Waals surface area contributed by atoms with E-state index in [9.17, 15) is 4.79 Å². The van der Waals surface area contributed by atoms with Crippen LogP contribution in [0.4, 0.5) is 5.69 Å². The van der Waals surface area contributed by atoms with Crippen LogP contribution in [0.1, 0.15) is 24.1 Å². The van der Waals surface area contributed by atoms with E-state index in [-0.39, 0.29) is 5.91 Å². The molecule has 180 valence electrons. The summed E-state index contributed by atoms with van der Waals surface area (Å²) in [7, 11) is 3.12. The molecular weight excluding hydrogens is 462 g/mol. The van der Waals surface area contributed by atoms with Gasteiger partial charge in [0, 0.05) is 11.8 Å². The highest BCUT2D eigenvalue weighted by Crippen LogP contribution is 2.32. The Labute approximate surface area is 210 Å². The standard InChI is InChI=1S/C27H27N3O4S/c1-17-24(26(31)29-22-14-13-21(32-2)15-23(22)33-3)25(30-27(35)28-17)19-9-11-20(12-10-19)34-16-18-7-5-4-6-8-18/h4-15,25H,16H2,1-3H3,(H,29,31)(H2,28,30,35). The summed E-state index contributed by atoms with van der Waals surface area (Å²) >= 11 is 5.37. The summed E-state index contributed by atoms with van der Waals surface area (Å²) in [4.78, 5) is 13.4. The Bertz CT molecular complexity index is 1240. The Kier molecular flexibility index (Phi) is 7.52. The van der Waals surface area contributed by atoms with Gasteiger partial charge in [-0.3, -0.25) is 4.79 Å². The normalized spacial score (nSPS) is 15.1. The summed E-state index contributed by atoms with van der Waals surface area (Å²) in [6.45, 7) is 2.31. The fraction of sp³-hybridized carbons (Fsp3) is 0.185. The first-order chi connectivity index (χ1) is 17.0. The molecule has 0 saturated heterocycles. The lowest BCUT2D eigenvalue weighted by Crippen LogP contribution is -2.45. The van der Waals surface area contributed by atoms with Crippen molar-refractivity contribution in [2.24, 2.45) is 0 Å². The van der Waals surface area contributed by atoms with Crippen molar-refractivity contribution in [3.63, 3.8) is 0 Å². The summed E-state index contributed by atoms with van der Waals surface area (Å²) in [5.41, 5.74) is 3.71. The van der Waals surface area contributed by atoms with Crippen LogP contribution in [0.25, 0.3) is 0 Å². The van der Waals surface area contributed by atoms with E-state index in [0.29, 0.717) is 40.2 Å². The third-order valence-corrected chi connectivity index (χ3v) is 5.85. The number of rotatable bonds is 8. The molecule has 3 aromatic rings. The highest BCUT2D eigenvalue weighted by atomic mass is 32.1. The number of methoxy groups -OCH3 is 2. The summed E-state index contributed by atoms with van der Waals surface area (Å²) in [5.74, 6) is 1.60. The number of amides is 1. The number of hydrogen-bond donors (Lipinski definition) is 3. The van der Waals surface area contributed by atoms with Crippen molar-refractivity contribution in [3.05, 3.63) is 95.2 Å². The van der Waals surface area contributed by atoms with Crippen LogP contribution in [0, 0.1) is 0 Å². The van der Waals surface area contributed by atoms with Crippen LogP contribution in [0.2, 0.25) is 0 Å². The van der Waals surface area contributed by atoms with E-state index in [1.54, 1.807) is 32.4 Å². The Hall–Kier alpha value is -4.04. The molecule has 0 fully saturated rings. The van der Waals surface area contributed by atoms with Gasteiger partial charge in [0.1, 0.15) is 23.9 Å². The molecule has 1 aliphatic rings. The lowest BCUT2D eigenvalue weighted by atomic mass is 9.95. The van der Waals surface area contributed by atoms with Gasteiger partial charge in [-0.2, -0.15) is 0 Å². The van der Waals surface area contributed by atoms with Crippen LogP contribution in [0.15, 0.2) is 84.1 Å². The van der Waals surface area contributed by atoms with Crippen LogP contribution >= 0.6 is 12.2 Å². The van der Waals surface area contributed by atoms with Gasteiger partial charge in [0.25, 0.3) is 5.91 Å². The third kappa shape index (κ3) is 5.73. The van der Waals surface area contributed by atoms with Crippen molar-refractivity contribution in [2.45, 2.75) is 19.6 Å². The minimum atomic E-state index is -0.434. The van der Waals surface area contributed by atoms with E-state index in [1.165, 1.54) is 0 Å². The average Bonchev–Trinajstić information content (AvgIpc) is 2.88. The molecular formula is C27H27N3O4S. The van der Waals surface area contributed by atoms with Crippen LogP contribution in [-0.2, 0) is 11.4 Å². The van der Waals surface area contributed by atoms with Crippen molar-refractivity contribution >= 4 is 28.9 Å². The lowest BCUT2D eigenvalue weighted by Gasteiger charge is -2.30. The van der Waals surface area contributed by atoms with Crippen molar-refractivity contribution in [1.29, 1.82) is 0 Å². The Morgan fingerprint density at radius 1 is 0.971 bits per heavy atom. The maximum absolute atomic E-state index is 13.4. The highest BCUT2D eigenvalue weighted by Gasteiger charge is 2.30. The van der Waals surface area contributed by atoms with Gasteiger partial charge >= 0.3 is 0 Å². The Balaban J connectivity index is 1.54. The molecule has 1 aliphatic heterocycles. The zero-order chi connectivity index (χ0) is 24.8. The largest absolute Gasteiger partial charge is 0.497 e. The SMILES string of the molecule is COc1ccc(NC(=O)C2=C(C)NC(=S)NC2c2ccc(OCc3ccccc3)cc2)c(OC)c1. The van der Waals surface area contributed by atoms with E-state index < -0.39 is 6.04 Å². The third-order valence-electron chi connectivity index (χ3n) is 5.63. The van der Waals surface area contributed by atoms with Gasteiger partial charge in [-0.15, -0.1) is 0 Å². The van der Waals surface area contributed by atoms with Crippen molar-refractivity contribution in [3.8, 4) is 17.2 Å². The predicted octanol–water partition coefficient (Wildman–Crippen LogP) is 4.71. The maximum atomic E-state index is 13.4. The predicted molar refractivity (Wildman–Crippen MR) is 140 cm³/mol. The molecule has 7 nitrogen and oxygen atoms in total. The fourth-order valence-corrected chi connectivity index (χ4v) is 4.10. The van der Waals surface area contributed by atoms with Crippen molar-refractivity contribution in [1.82, 2.24) is 10.6 Å². The molecule has 1 atom stereocenters. The van der Waals surface area contributed by atoms with Crippen LogP contribution in [0.3, 0.4) is 0 Å². The molecule has 3 aromatic carbocycles. The quantitative estimate of drug-likeness (QED) is 0.395. The molecule has 1 unspecified atom stereocenters. The van der Waals surface area contributed by atoms with Crippen molar-refractivity contribution < 1.29 is 19.0 Å². The second kappa shape index (κ2) is 10.9. The first-order valence-electron chi connectivity index (χ1n) is 11.1. The number of carbonyl (C=O) groups is 1. The lowest BCUT2D eigenvalue weighted by molar-refractivity contribution is -0.113.